The normalized spacial score (nSPS) is 12.9. The van der Waals surface area contributed by atoms with Crippen LogP contribution in [0.15, 0.2) is 71.0 Å². The number of hydrogen-bond donors (Lipinski definition) is 1. The number of amides is 1. The lowest BCUT2D eigenvalue weighted by Gasteiger charge is -2.08. The van der Waals surface area contributed by atoms with Crippen LogP contribution in [-0.2, 0) is 23.4 Å². The Kier molecular flexibility index (Phi) is 5.98. The van der Waals surface area contributed by atoms with Crippen molar-refractivity contribution in [2.24, 2.45) is 0 Å². The molecular weight excluding hydrogens is 483 g/mol. The molecule has 0 saturated carbocycles. The predicted octanol–water partition coefficient (Wildman–Crippen LogP) is 5.85. The van der Waals surface area contributed by atoms with Gasteiger partial charge in [-0.1, -0.05) is 72.1 Å². The van der Waals surface area contributed by atoms with Crippen LogP contribution in [0.1, 0.15) is 22.4 Å². The van der Waals surface area contributed by atoms with E-state index in [-0.39, 0.29) is 11.7 Å². The van der Waals surface area contributed by atoms with E-state index in [1.807, 2.05) is 40.8 Å². The first-order valence-electron chi connectivity index (χ1n) is 11.1. The molecule has 0 aliphatic heterocycles. The topological polar surface area (TPSA) is 72.2 Å². The summed E-state index contributed by atoms with van der Waals surface area (Å²) < 4.78 is 2.04. The molecule has 9 heteroatoms. The lowest BCUT2D eigenvalue weighted by atomic mass is 10.2. The van der Waals surface area contributed by atoms with Crippen molar-refractivity contribution < 1.29 is 4.79 Å². The molecule has 6 rings (SSSR count). The van der Waals surface area contributed by atoms with Gasteiger partial charge >= 0.3 is 0 Å². The van der Waals surface area contributed by atoms with Crippen molar-refractivity contribution in [2.45, 2.75) is 35.3 Å². The third-order valence-electron chi connectivity index (χ3n) is 5.75. The summed E-state index contributed by atoms with van der Waals surface area (Å²) in [6.45, 7) is 0. The van der Waals surface area contributed by atoms with Crippen LogP contribution in [0.25, 0.3) is 15.9 Å². The predicted molar refractivity (Wildman–Crippen MR) is 140 cm³/mol. The quantitative estimate of drug-likeness (QED) is 0.222. The van der Waals surface area contributed by atoms with Gasteiger partial charge in [0.15, 0.2) is 16.0 Å². The second kappa shape index (κ2) is 9.40. The molecule has 0 saturated heterocycles. The summed E-state index contributed by atoms with van der Waals surface area (Å²) in [6.07, 6.45) is 3.37. The monoisotopic (exact) mass is 503 g/mol. The number of aryl methyl sites for hydroxylation is 2. The number of nitrogens with zero attached hydrogens (tertiary/aromatic N) is 4. The van der Waals surface area contributed by atoms with Gasteiger partial charge in [0.1, 0.15) is 4.83 Å². The number of fused-ring (bicyclic) bond motifs is 5. The van der Waals surface area contributed by atoms with E-state index in [4.69, 9.17) is 4.98 Å². The molecule has 170 valence electrons. The Balaban J connectivity index is 1.33. The summed E-state index contributed by atoms with van der Waals surface area (Å²) >= 11 is 4.86. The minimum Gasteiger partial charge on any atom is -0.325 e. The molecule has 1 N–H and O–H groups in total. The smallest absolute Gasteiger partial charge is 0.234 e. The van der Waals surface area contributed by atoms with Crippen LogP contribution in [0.4, 0.5) is 5.69 Å². The van der Waals surface area contributed by atoms with Crippen LogP contribution in [-0.4, -0.2) is 31.2 Å². The maximum Gasteiger partial charge on any atom is 0.234 e. The number of thiophene rings is 1. The fourth-order valence-electron chi connectivity index (χ4n) is 4.20. The van der Waals surface area contributed by atoms with Crippen LogP contribution >= 0.6 is 34.9 Å². The molecule has 0 radical (unpaired) electrons. The van der Waals surface area contributed by atoms with Gasteiger partial charge in [0.25, 0.3) is 0 Å². The van der Waals surface area contributed by atoms with Crippen molar-refractivity contribution in [3.05, 3.63) is 76.7 Å². The Bertz CT molecular complexity index is 1480. The fraction of sp³-hybridized carbons (Fsp3) is 0.200. The molecule has 1 aliphatic rings. The van der Waals surface area contributed by atoms with E-state index in [1.165, 1.54) is 34.2 Å². The number of nitrogens with one attached hydrogen (secondary N) is 1. The summed E-state index contributed by atoms with van der Waals surface area (Å²) in [5.41, 5.74) is 4.25. The third kappa shape index (κ3) is 4.19. The Morgan fingerprint density at radius 2 is 1.76 bits per heavy atom. The maximum atomic E-state index is 12.6. The molecule has 0 bridgehead atoms. The van der Waals surface area contributed by atoms with Crippen molar-refractivity contribution in [3.63, 3.8) is 0 Å². The number of aromatic nitrogens is 4. The van der Waals surface area contributed by atoms with Gasteiger partial charge in [-0.25, -0.2) is 9.38 Å². The fourth-order valence-corrected chi connectivity index (χ4v) is 7.25. The first-order valence-corrected chi connectivity index (χ1v) is 13.9. The highest BCUT2D eigenvalue weighted by molar-refractivity contribution is 8.00. The summed E-state index contributed by atoms with van der Waals surface area (Å²) in [5.74, 6) is 0.978. The third-order valence-corrected chi connectivity index (χ3v) is 8.87. The van der Waals surface area contributed by atoms with Gasteiger partial charge in [0, 0.05) is 16.3 Å². The zero-order chi connectivity index (χ0) is 22.9. The van der Waals surface area contributed by atoms with Crippen LogP contribution in [0.3, 0.4) is 0 Å². The first kappa shape index (κ1) is 21.6. The zero-order valence-corrected chi connectivity index (χ0v) is 20.7. The van der Waals surface area contributed by atoms with Crippen LogP contribution in [0, 0.1) is 0 Å². The van der Waals surface area contributed by atoms with E-state index in [0.29, 0.717) is 5.16 Å². The minimum absolute atomic E-state index is 0.0723. The molecule has 34 heavy (non-hydrogen) atoms. The van der Waals surface area contributed by atoms with Gasteiger partial charge in [-0.05, 0) is 42.5 Å². The summed E-state index contributed by atoms with van der Waals surface area (Å²) in [7, 11) is 0. The van der Waals surface area contributed by atoms with Crippen molar-refractivity contribution in [2.75, 3.05) is 11.1 Å². The van der Waals surface area contributed by atoms with E-state index in [2.05, 4.69) is 39.8 Å². The van der Waals surface area contributed by atoms with E-state index >= 15 is 0 Å². The van der Waals surface area contributed by atoms with Gasteiger partial charge in [-0.2, -0.15) is 0 Å². The highest BCUT2D eigenvalue weighted by atomic mass is 32.2. The van der Waals surface area contributed by atoms with Crippen molar-refractivity contribution in [1.29, 1.82) is 0 Å². The molecule has 5 aromatic rings. The first-order chi connectivity index (χ1) is 16.8. The Hall–Kier alpha value is -2.88. The summed E-state index contributed by atoms with van der Waals surface area (Å²) in [6, 6.07) is 19.9. The van der Waals surface area contributed by atoms with E-state index in [1.54, 1.807) is 23.1 Å². The Labute approximate surface area is 209 Å². The number of thioether (sulfide) groups is 2. The van der Waals surface area contributed by atoms with Crippen LogP contribution < -0.4 is 5.32 Å². The average Bonchev–Trinajstić information content (AvgIpc) is 3.57. The number of rotatable bonds is 7. The number of carbonyl (C=O) groups is 1. The van der Waals surface area contributed by atoms with Gasteiger partial charge < -0.3 is 5.32 Å². The number of anilines is 1. The standard InChI is InChI=1S/C25H21N5OS3/c31-20(26-17-10-5-2-6-11-17)15-33-25-29-28-22-21-18-12-7-13-19(18)34-23(21)27-24(30(22)25)32-14-16-8-3-1-4-9-16/h1-6,8-11H,7,12-15H2,(H,26,31). The Morgan fingerprint density at radius 1 is 0.971 bits per heavy atom. The molecule has 0 spiro atoms. The second-order valence-corrected chi connectivity index (χ2v) is 11.0. The van der Waals surface area contributed by atoms with Gasteiger partial charge in [0.2, 0.25) is 5.91 Å². The van der Waals surface area contributed by atoms with Crippen molar-refractivity contribution in [3.8, 4) is 0 Å². The van der Waals surface area contributed by atoms with Gasteiger partial charge in [-0.15, -0.1) is 21.5 Å². The molecule has 2 aromatic carbocycles. The van der Waals surface area contributed by atoms with Crippen LogP contribution in [0.2, 0.25) is 0 Å². The lowest BCUT2D eigenvalue weighted by molar-refractivity contribution is -0.113. The Morgan fingerprint density at radius 3 is 2.59 bits per heavy atom. The van der Waals surface area contributed by atoms with Gasteiger partial charge in [0.05, 0.1) is 11.1 Å². The molecule has 0 atom stereocenters. The number of benzene rings is 2. The van der Waals surface area contributed by atoms with E-state index < -0.39 is 0 Å². The molecule has 0 fully saturated rings. The second-order valence-electron chi connectivity index (χ2n) is 8.05. The SMILES string of the molecule is O=C(CSc1nnc2c3c4c(sc3nc(SCc3ccccc3)n12)CCC4)Nc1ccccc1. The van der Waals surface area contributed by atoms with Crippen molar-refractivity contribution in [1.82, 2.24) is 19.6 Å². The summed E-state index contributed by atoms with van der Waals surface area (Å²) in [4.78, 5) is 20.1. The van der Waals surface area contributed by atoms with E-state index in [0.717, 1.165) is 45.3 Å². The molecule has 6 nitrogen and oxygen atoms in total. The van der Waals surface area contributed by atoms with Crippen molar-refractivity contribution >= 4 is 62.3 Å². The number of hydrogen-bond acceptors (Lipinski definition) is 7. The number of carbonyl (C=O) groups excluding carboxylic acids is 1. The molecule has 1 aliphatic carbocycles. The molecule has 1 amide bonds. The largest absolute Gasteiger partial charge is 0.325 e. The average molecular weight is 504 g/mol. The lowest BCUT2D eigenvalue weighted by Crippen LogP contribution is -2.14. The molecular formula is C25H21N5OS3. The highest BCUT2D eigenvalue weighted by Crippen LogP contribution is 2.40. The zero-order valence-electron chi connectivity index (χ0n) is 18.2. The highest BCUT2D eigenvalue weighted by Gasteiger charge is 2.25. The minimum atomic E-state index is -0.0723. The summed E-state index contributed by atoms with van der Waals surface area (Å²) in [5, 5.41) is 14.7. The molecule has 3 heterocycles. The van der Waals surface area contributed by atoms with Crippen LogP contribution in [0.5, 0.6) is 0 Å². The van der Waals surface area contributed by atoms with E-state index in [9.17, 15) is 4.79 Å². The van der Waals surface area contributed by atoms with Gasteiger partial charge in [-0.3, -0.25) is 4.79 Å². The maximum absolute atomic E-state index is 12.6. The molecule has 0 unspecified atom stereocenters. The molecule has 3 aromatic heterocycles. The number of para-hydroxylation sites is 1.